The summed E-state index contributed by atoms with van der Waals surface area (Å²) in [5, 5.41) is 12.2. The van der Waals surface area contributed by atoms with E-state index in [9.17, 15) is 18.3 Å². The lowest BCUT2D eigenvalue weighted by atomic mass is 10.2. The molecule has 0 aliphatic rings. The van der Waals surface area contributed by atoms with E-state index in [1.54, 1.807) is 25.1 Å². The molecule has 1 aromatic heterocycles. The summed E-state index contributed by atoms with van der Waals surface area (Å²) in [5.41, 5.74) is 0.607. The quantitative estimate of drug-likeness (QED) is 0.697. The highest BCUT2D eigenvalue weighted by Crippen LogP contribution is 2.37. The van der Waals surface area contributed by atoms with Gasteiger partial charge in [-0.1, -0.05) is 17.7 Å². The molecule has 0 spiro atoms. The molecule has 26 heavy (non-hydrogen) atoms. The molecule has 0 atom stereocenters. The zero-order valence-electron chi connectivity index (χ0n) is 13.7. The number of rotatable bonds is 5. The van der Waals surface area contributed by atoms with E-state index >= 15 is 0 Å². The second-order valence-corrected chi connectivity index (χ2v) is 8.83. The lowest BCUT2D eigenvalue weighted by Crippen LogP contribution is -2.22. The first-order valence-corrected chi connectivity index (χ1v) is 10.0. The van der Waals surface area contributed by atoms with E-state index in [0.717, 1.165) is 21.4 Å². The highest BCUT2D eigenvalue weighted by Gasteiger charge is 2.23. The van der Waals surface area contributed by atoms with E-state index < -0.39 is 16.0 Å². The molecule has 0 fully saturated rings. The van der Waals surface area contributed by atoms with Crippen LogP contribution in [0.15, 0.2) is 40.6 Å². The molecule has 1 N–H and O–H groups in total. The fourth-order valence-corrected chi connectivity index (χ4v) is 5.51. The number of thiophene rings is 1. The molecule has 0 saturated heterocycles. The molecular weight excluding hydrogens is 398 g/mol. The second-order valence-electron chi connectivity index (χ2n) is 5.46. The predicted octanol–water partition coefficient (Wildman–Crippen LogP) is 3.04. The third kappa shape index (κ3) is 3.35. The number of halogens is 1. The normalized spacial score (nSPS) is 11.5. The summed E-state index contributed by atoms with van der Waals surface area (Å²) in [6.07, 6.45) is 0. The number of methoxy groups -OCH3 is 1. The highest BCUT2D eigenvalue weighted by molar-refractivity contribution is 7.95. The average Bonchev–Trinajstić information content (AvgIpc) is 2.92. The van der Waals surface area contributed by atoms with Gasteiger partial charge in [-0.3, -0.25) is 4.72 Å². The van der Waals surface area contributed by atoms with E-state index in [4.69, 9.17) is 16.3 Å². The van der Waals surface area contributed by atoms with E-state index in [-0.39, 0.29) is 21.2 Å². The van der Waals surface area contributed by atoms with Crippen LogP contribution in [-0.2, 0) is 10.0 Å². The van der Waals surface area contributed by atoms with Crippen LogP contribution in [0.5, 0.6) is 5.75 Å². The summed E-state index contributed by atoms with van der Waals surface area (Å²) < 4.78 is 34.2. The Morgan fingerprint density at radius 3 is 2.62 bits per heavy atom. The number of carbonyl (C=O) groups is 1. The van der Waals surface area contributed by atoms with Gasteiger partial charge in [0.2, 0.25) is 0 Å². The number of anilines is 1. The molecule has 0 radical (unpaired) electrons. The van der Waals surface area contributed by atoms with E-state index in [1.165, 1.54) is 25.3 Å². The molecule has 3 rings (SSSR count). The summed E-state index contributed by atoms with van der Waals surface area (Å²) in [5.74, 6) is -1.30. The van der Waals surface area contributed by atoms with Crippen molar-refractivity contribution in [3.63, 3.8) is 0 Å². The number of sulfonamides is 1. The molecule has 0 unspecified atom stereocenters. The zero-order chi connectivity index (χ0) is 19.1. The number of aryl methyl sites for hydroxylation is 1. The molecule has 0 amide bonds. The number of hydrogen-bond donors (Lipinski definition) is 1. The van der Waals surface area contributed by atoms with Crippen molar-refractivity contribution in [3.8, 4) is 5.75 Å². The summed E-state index contributed by atoms with van der Waals surface area (Å²) in [6, 6.07) is 8.95. The van der Waals surface area contributed by atoms with Crippen LogP contribution in [0.2, 0.25) is 5.02 Å². The zero-order valence-corrected chi connectivity index (χ0v) is 16.1. The van der Waals surface area contributed by atoms with E-state index in [1.807, 2.05) is 0 Å². The maximum Gasteiger partial charge on any atom is 0.271 e. The largest absolute Gasteiger partial charge is 0.545 e. The van der Waals surface area contributed by atoms with Crippen molar-refractivity contribution in [2.75, 3.05) is 11.8 Å². The lowest BCUT2D eigenvalue weighted by Gasteiger charge is -2.13. The number of fused-ring (bicyclic) bond motifs is 1. The van der Waals surface area contributed by atoms with Gasteiger partial charge in [0, 0.05) is 15.3 Å². The van der Waals surface area contributed by atoms with Gasteiger partial charge in [-0.25, -0.2) is 8.42 Å². The number of aromatic carboxylic acids is 1. The predicted molar refractivity (Wildman–Crippen MR) is 99.7 cm³/mol. The molecule has 2 aromatic carbocycles. The van der Waals surface area contributed by atoms with Crippen LogP contribution in [0, 0.1) is 6.92 Å². The molecule has 3 aromatic rings. The minimum atomic E-state index is -3.90. The smallest absolute Gasteiger partial charge is 0.271 e. The van der Waals surface area contributed by atoms with Gasteiger partial charge in [-0.15, -0.1) is 11.3 Å². The molecule has 0 aliphatic carbocycles. The number of hydrogen-bond acceptors (Lipinski definition) is 6. The fourth-order valence-electron chi connectivity index (χ4n) is 2.52. The van der Waals surface area contributed by atoms with Crippen molar-refractivity contribution in [2.24, 2.45) is 0 Å². The molecule has 0 bridgehead atoms. The van der Waals surface area contributed by atoms with Crippen molar-refractivity contribution in [2.45, 2.75) is 11.1 Å². The summed E-state index contributed by atoms with van der Waals surface area (Å²) in [4.78, 5) is 10.9. The molecule has 9 heteroatoms. The molecule has 0 saturated carbocycles. The molecular formula is C17H13ClNO5S2-. The van der Waals surface area contributed by atoms with Crippen LogP contribution in [0.25, 0.3) is 10.1 Å². The van der Waals surface area contributed by atoms with Crippen LogP contribution >= 0.6 is 22.9 Å². The van der Waals surface area contributed by atoms with Gasteiger partial charge in [0.25, 0.3) is 10.0 Å². The van der Waals surface area contributed by atoms with Gasteiger partial charge in [0.1, 0.15) is 9.96 Å². The number of carbonyl (C=O) groups excluding carboxylic acids is 1. The first-order valence-electron chi connectivity index (χ1n) is 7.34. The van der Waals surface area contributed by atoms with E-state index in [0.29, 0.717) is 10.6 Å². The third-order valence-electron chi connectivity index (χ3n) is 3.78. The third-order valence-corrected chi connectivity index (χ3v) is 7.27. The van der Waals surface area contributed by atoms with Crippen molar-refractivity contribution in [1.82, 2.24) is 0 Å². The molecule has 136 valence electrons. The van der Waals surface area contributed by atoms with Crippen LogP contribution < -0.4 is 14.6 Å². The minimum absolute atomic E-state index is 0.0806. The second kappa shape index (κ2) is 6.79. The van der Waals surface area contributed by atoms with Gasteiger partial charge < -0.3 is 14.6 Å². The number of nitrogens with one attached hydrogen (secondary N) is 1. The number of benzene rings is 2. The Balaban J connectivity index is 2.05. The Kier molecular flexibility index (Phi) is 4.83. The Morgan fingerprint density at radius 2 is 1.96 bits per heavy atom. The van der Waals surface area contributed by atoms with Crippen molar-refractivity contribution < 1.29 is 23.1 Å². The van der Waals surface area contributed by atoms with Crippen molar-refractivity contribution in [1.29, 1.82) is 0 Å². The number of ether oxygens (including phenoxy) is 1. The Labute approximate surface area is 159 Å². The van der Waals surface area contributed by atoms with Gasteiger partial charge in [0.05, 0.1) is 18.8 Å². The van der Waals surface area contributed by atoms with Gasteiger partial charge in [0.15, 0.2) is 0 Å². The van der Waals surface area contributed by atoms with E-state index in [2.05, 4.69) is 4.72 Å². The maximum atomic E-state index is 12.8. The molecule has 1 heterocycles. The summed E-state index contributed by atoms with van der Waals surface area (Å²) in [6.45, 7) is 1.71. The monoisotopic (exact) mass is 410 g/mol. The number of carboxylic acid groups (broad SMARTS) is 1. The first kappa shape index (κ1) is 18.5. The van der Waals surface area contributed by atoms with Crippen LogP contribution in [0.1, 0.15) is 15.9 Å². The Morgan fingerprint density at radius 1 is 1.23 bits per heavy atom. The molecule has 0 aliphatic heterocycles. The minimum Gasteiger partial charge on any atom is -0.545 e. The topological polar surface area (TPSA) is 95.5 Å². The fraction of sp³-hybridized carbons (Fsp3) is 0.118. The summed E-state index contributed by atoms with van der Waals surface area (Å²) in [7, 11) is -2.58. The SMILES string of the molecule is COc1cc(C(=O)[O-])ccc1NS(=O)(=O)c1sc2ccc(Cl)cc2c1C. The highest BCUT2D eigenvalue weighted by atomic mass is 35.5. The molecule has 6 nitrogen and oxygen atoms in total. The van der Waals surface area contributed by atoms with Gasteiger partial charge >= 0.3 is 0 Å². The van der Waals surface area contributed by atoms with Gasteiger partial charge in [-0.05, 0) is 48.2 Å². The standard InChI is InChI=1S/C17H14ClNO5S2/c1-9-12-8-11(18)4-6-15(12)25-17(9)26(22,23)19-13-5-3-10(16(20)21)7-14(13)24-2/h3-8,19H,1-2H3,(H,20,21)/p-1. The maximum absolute atomic E-state index is 12.8. The van der Waals surface area contributed by atoms with Crippen molar-refractivity contribution >= 4 is 54.7 Å². The Hall–Kier alpha value is -2.29. The van der Waals surface area contributed by atoms with Crippen LogP contribution in [0.4, 0.5) is 5.69 Å². The number of carboxylic acids is 1. The summed E-state index contributed by atoms with van der Waals surface area (Å²) >= 11 is 7.12. The van der Waals surface area contributed by atoms with Crippen LogP contribution in [0.3, 0.4) is 0 Å². The van der Waals surface area contributed by atoms with Gasteiger partial charge in [-0.2, -0.15) is 0 Å². The lowest BCUT2D eigenvalue weighted by molar-refractivity contribution is -0.255. The average molecular weight is 411 g/mol. The first-order chi connectivity index (χ1) is 12.2. The van der Waals surface area contributed by atoms with Crippen LogP contribution in [-0.4, -0.2) is 21.5 Å². The Bertz CT molecular complexity index is 1120. The van der Waals surface area contributed by atoms with Crippen molar-refractivity contribution in [3.05, 3.63) is 52.5 Å².